The summed E-state index contributed by atoms with van der Waals surface area (Å²) in [7, 11) is 0. The number of hydrogen-bond acceptors (Lipinski definition) is 1. The minimum atomic E-state index is -0.969. The number of hydrogen-bond donors (Lipinski definition) is 0. The molecule has 3 aliphatic rings. The first-order chi connectivity index (χ1) is 8.54. The van der Waals surface area contributed by atoms with Gasteiger partial charge in [0.15, 0.2) is 0 Å². The average Bonchev–Trinajstić information content (AvgIpc) is 3.22. The van der Waals surface area contributed by atoms with Crippen LogP contribution in [-0.4, -0.2) is 12.2 Å². The standard InChI is InChI=1S/C15H15BrFN/c1-10-15(6-7-15)12-3-2-11(16)8-13(12)18(10)9-14(17)4-5-14/h2-3,8H,1,4-7,9H2. The lowest BCUT2D eigenvalue weighted by atomic mass is 9.96. The molecule has 1 aromatic carbocycles. The summed E-state index contributed by atoms with van der Waals surface area (Å²) in [6, 6.07) is 6.37. The van der Waals surface area contributed by atoms with Crippen LogP contribution in [0.3, 0.4) is 0 Å². The Bertz CT molecular complexity index is 558. The molecule has 0 atom stereocenters. The van der Waals surface area contributed by atoms with Gasteiger partial charge in [0.25, 0.3) is 0 Å². The van der Waals surface area contributed by atoms with E-state index in [-0.39, 0.29) is 5.41 Å². The number of halogens is 2. The fourth-order valence-corrected chi connectivity index (χ4v) is 3.48. The van der Waals surface area contributed by atoms with Crippen molar-refractivity contribution in [2.24, 2.45) is 0 Å². The van der Waals surface area contributed by atoms with E-state index in [2.05, 4.69) is 45.6 Å². The summed E-state index contributed by atoms with van der Waals surface area (Å²) in [6.07, 6.45) is 3.73. The summed E-state index contributed by atoms with van der Waals surface area (Å²) in [5, 5.41) is 0. The molecular weight excluding hydrogens is 293 g/mol. The van der Waals surface area contributed by atoms with Crippen LogP contribution in [0.5, 0.6) is 0 Å². The minimum absolute atomic E-state index is 0.140. The first-order valence-corrected chi connectivity index (χ1v) is 7.29. The van der Waals surface area contributed by atoms with Crippen LogP contribution in [0.15, 0.2) is 34.9 Å². The first kappa shape index (κ1) is 11.0. The molecule has 4 rings (SSSR count). The van der Waals surface area contributed by atoms with Gasteiger partial charge in [-0.1, -0.05) is 28.6 Å². The summed E-state index contributed by atoms with van der Waals surface area (Å²) in [6.45, 7) is 4.73. The van der Waals surface area contributed by atoms with E-state index in [1.165, 1.54) is 5.56 Å². The van der Waals surface area contributed by atoms with Crippen molar-refractivity contribution in [2.45, 2.75) is 36.8 Å². The number of nitrogens with zero attached hydrogens (tertiary/aromatic N) is 1. The first-order valence-electron chi connectivity index (χ1n) is 6.50. The molecular formula is C15H15BrFN. The number of rotatable bonds is 2. The maximum atomic E-state index is 14.1. The summed E-state index contributed by atoms with van der Waals surface area (Å²) in [4.78, 5) is 2.13. The molecule has 0 bridgehead atoms. The molecule has 1 aromatic rings. The van der Waals surface area contributed by atoms with Gasteiger partial charge in [0.2, 0.25) is 0 Å². The Morgan fingerprint density at radius 1 is 1.28 bits per heavy atom. The second kappa shape index (κ2) is 3.19. The van der Waals surface area contributed by atoms with E-state index in [1.54, 1.807) is 0 Å². The van der Waals surface area contributed by atoms with Crippen molar-refractivity contribution in [2.75, 3.05) is 11.4 Å². The van der Waals surface area contributed by atoms with Crippen molar-refractivity contribution in [1.82, 2.24) is 0 Å². The van der Waals surface area contributed by atoms with Crippen molar-refractivity contribution in [3.63, 3.8) is 0 Å². The van der Waals surface area contributed by atoms with Gasteiger partial charge in [0.1, 0.15) is 5.67 Å². The molecule has 2 aliphatic carbocycles. The van der Waals surface area contributed by atoms with E-state index in [1.807, 2.05) is 0 Å². The summed E-state index contributed by atoms with van der Waals surface area (Å²) in [5.41, 5.74) is 2.79. The van der Waals surface area contributed by atoms with E-state index in [9.17, 15) is 4.39 Å². The molecule has 1 heterocycles. The largest absolute Gasteiger partial charge is 0.341 e. The second-order valence-electron chi connectivity index (χ2n) is 5.93. The van der Waals surface area contributed by atoms with Gasteiger partial charge in [0.05, 0.1) is 6.54 Å². The van der Waals surface area contributed by atoms with Crippen molar-refractivity contribution in [3.05, 3.63) is 40.5 Å². The molecule has 1 spiro atoms. The van der Waals surface area contributed by atoms with E-state index in [0.29, 0.717) is 19.4 Å². The fourth-order valence-electron chi connectivity index (χ4n) is 3.13. The van der Waals surface area contributed by atoms with Gasteiger partial charge < -0.3 is 4.90 Å². The SMILES string of the molecule is C=C1N(CC2(F)CC2)c2cc(Br)ccc2C12CC2. The quantitative estimate of drug-likeness (QED) is 0.786. The van der Waals surface area contributed by atoms with Crippen molar-refractivity contribution >= 4 is 21.6 Å². The maximum absolute atomic E-state index is 14.1. The molecule has 0 radical (unpaired) electrons. The molecule has 0 amide bonds. The molecule has 0 unspecified atom stereocenters. The molecule has 0 saturated heterocycles. The number of alkyl halides is 1. The van der Waals surface area contributed by atoms with E-state index in [4.69, 9.17) is 0 Å². The van der Waals surface area contributed by atoms with Crippen LogP contribution in [0, 0.1) is 0 Å². The molecule has 2 saturated carbocycles. The van der Waals surface area contributed by atoms with Crippen LogP contribution in [0.4, 0.5) is 10.1 Å². The van der Waals surface area contributed by atoms with Crippen LogP contribution in [0.25, 0.3) is 0 Å². The average molecular weight is 308 g/mol. The van der Waals surface area contributed by atoms with Crippen LogP contribution >= 0.6 is 15.9 Å². The minimum Gasteiger partial charge on any atom is -0.341 e. The lowest BCUT2D eigenvalue weighted by Gasteiger charge is -2.24. The van der Waals surface area contributed by atoms with Gasteiger partial charge in [-0.15, -0.1) is 0 Å². The summed E-state index contributed by atoms with van der Waals surface area (Å²) >= 11 is 3.52. The Hall–Kier alpha value is -0.830. The Balaban J connectivity index is 1.80. The maximum Gasteiger partial charge on any atom is 0.129 e. The lowest BCUT2D eigenvalue weighted by molar-refractivity contribution is 0.315. The van der Waals surface area contributed by atoms with Crippen LogP contribution in [0.1, 0.15) is 31.2 Å². The topological polar surface area (TPSA) is 3.24 Å². The summed E-state index contributed by atoms with van der Waals surface area (Å²) < 4.78 is 15.2. The normalized spacial score (nSPS) is 25.4. The number of benzene rings is 1. The molecule has 0 N–H and O–H groups in total. The van der Waals surface area contributed by atoms with Crippen LogP contribution < -0.4 is 4.90 Å². The number of fused-ring (bicyclic) bond motifs is 2. The highest BCUT2D eigenvalue weighted by Crippen LogP contribution is 2.62. The van der Waals surface area contributed by atoms with E-state index >= 15 is 0 Å². The zero-order chi connectivity index (χ0) is 12.5. The van der Waals surface area contributed by atoms with Gasteiger partial charge in [-0.3, -0.25) is 0 Å². The van der Waals surface area contributed by atoms with Crippen molar-refractivity contribution in [1.29, 1.82) is 0 Å². The number of anilines is 1. The van der Waals surface area contributed by atoms with Gasteiger partial charge in [0, 0.05) is 21.3 Å². The number of allylic oxidation sites excluding steroid dienone is 1. The fraction of sp³-hybridized carbons (Fsp3) is 0.467. The predicted octanol–water partition coefficient (Wildman–Crippen LogP) is 4.32. The highest BCUT2D eigenvalue weighted by molar-refractivity contribution is 9.10. The molecule has 1 nitrogen and oxygen atoms in total. The van der Waals surface area contributed by atoms with Crippen molar-refractivity contribution in [3.8, 4) is 0 Å². The Morgan fingerprint density at radius 3 is 2.61 bits per heavy atom. The molecule has 3 heteroatoms. The second-order valence-corrected chi connectivity index (χ2v) is 6.84. The van der Waals surface area contributed by atoms with Gasteiger partial charge in [-0.25, -0.2) is 4.39 Å². The van der Waals surface area contributed by atoms with Gasteiger partial charge in [-0.05, 0) is 43.4 Å². The molecule has 1 aliphatic heterocycles. The third kappa shape index (κ3) is 1.37. The smallest absolute Gasteiger partial charge is 0.129 e. The molecule has 0 aromatic heterocycles. The third-order valence-electron chi connectivity index (χ3n) is 4.63. The Kier molecular flexibility index (Phi) is 1.95. The van der Waals surface area contributed by atoms with Gasteiger partial charge in [-0.2, -0.15) is 0 Å². The summed E-state index contributed by atoms with van der Waals surface area (Å²) in [5.74, 6) is 0. The third-order valence-corrected chi connectivity index (χ3v) is 5.12. The monoisotopic (exact) mass is 307 g/mol. The van der Waals surface area contributed by atoms with E-state index < -0.39 is 5.67 Å². The molecule has 2 fully saturated rings. The zero-order valence-corrected chi connectivity index (χ0v) is 11.8. The molecule has 18 heavy (non-hydrogen) atoms. The Labute approximate surface area is 115 Å². The van der Waals surface area contributed by atoms with Crippen LogP contribution in [0.2, 0.25) is 0 Å². The van der Waals surface area contributed by atoms with Crippen molar-refractivity contribution < 1.29 is 4.39 Å². The molecule has 94 valence electrons. The highest BCUT2D eigenvalue weighted by atomic mass is 79.9. The zero-order valence-electron chi connectivity index (χ0n) is 10.2. The Morgan fingerprint density at radius 2 is 2.00 bits per heavy atom. The van der Waals surface area contributed by atoms with Gasteiger partial charge >= 0.3 is 0 Å². The van der Waals surface area contributed by atoms with Crippen LogP contribution in [-0.2, 0) is 5.41 Å². The van der Waals surface area contributed by atoms with E-state index in [0.717, 1.165) is 28.7 Å². The highest BCUT2D eigenvalue weighted by Gasteiger charge is 2.57. The predicted molar refractivity (Wildman–Crippen MR) is 74.6 cm³/mol. The lowest BCUT2D eigenvalue weighted by Crippen LogP contribution is -2.29.